The van der Waals surface area contributed by atoms with Gasteiger partial charge in [0, 0.05) is 24.3 Å². The van der Waals surface area contributed by atoms with Crippen LogP contribution < -0.4 is 5.32 Å². The molecule has 1 aromatic heterocycles. The van der Waals surface area contributed by atoms with Gasteiger partial charge in [0.15, 0.2) is 5.76 Å². The van der Waals surface area contributed by atoms with Gasteiger partial charge in [0.25, 0.3) is 11.8 Å². The molecule has 3 aromatic rings. The van der Waals surface area contributed by atoms with Crippen molar-refractivity contribution >= 4 is 17.5 Å². The summed E-state index contributed by atoms with van der Waals surface area (Å²) in [5.74, 6) is 0.00727. The largest absolute Gasteiger partial charge is 0.459 e. The zero-order chi connectivity index (χ0) is 17.9. The lowest BCUT2D eigenvalue weighted by Crippen LogP contribution is -2.36. The number of amides is 2. The quantitative estimate of drug-likeness (QED) is 0.786. The average Bonchev–Trinajstić information content (AvgIpc) is 3.22. The Balaban J connectivity index is 1.51. The molecule has 0 radical (unpaired) electrons. The second-order valence-electron chi connectivity index (χ2n) is 6.26. The first kappa shape index (κ1) is 16.1. The van der Waals surface area contributed by atoms with Crippen molar-refractivity contribution in [3.8, 4) is 0 Å². The first-order valence-electron chi connectivity index (χ1n) is 8.52. The molecule has 1 aliphatic heterocycles. The fraction of sp³-hybridized carbons (Fsp3) is 0.143. The Kier molecular flexibility index (Phi) is 4.27. The van der Waals surface area contributed by atoms with E-state index in [1.807, 2.05) is 53.4 Å². The van der Waals surface area contributed by atoms with Gasteiger partial charge in [-0.2, -0.15) is 0 Å². The lowest BCUT2D eigenvalue weighted by molar-refractivity contribution is 0.0734. The van der Waals surface area contributed by atoms with Gasteiger partial charge in [-0.15, -0.1) is 0 Å². The summed E-state index contributed by atoms with van der Waals surface area (Å²) in [6, 6.07) is 18.4. The monoisotopic (exact) mass is 346 g/mol. The minimum Gasteiger partial charge on any atom is -0.459 e. The van der Waals surface area contributed by atoms with Crippen molar-refractivity contribution in [1.29, 1.82) is 0 Å². The van der Waals surface area contributed by atoms with E-state index in [0.717, 1.165) is 12.0 Å². The van der Waals surface area contributed by atoms with Crippen LogP contribution in [0.2, 0.25) is 0 Å². The topological polar surface area (TPSA) is 62.6 Å². The van der Waals surface area contributed by atoms with Crippen LogP contribution >= 0.6 is 0 Å². The molecule has 1 N–H and O–H groups in total. The molecule has 0 bridgehead atoms. The van der Waals surface area contributed by atoms with Crippen LogP contribution in [0.1, 0.15) is 32.0 Å². The van der Waals surface area contributed by atoms with Crippen LogP contribution in [-0.2, 0) is 13.0 Å². The van der Waals surface area contributed by atoms with Crippen molar-refractivity contribution in [2.24, 2.45) is 0 Å². The Bertz CT molecular complexity index is 933. The van der Waals surface area contributed by atoms with E-state index in [0.29, 0.717) is 24.3 Å². The Hall–Kier alpha value is -3.34. The molecule has 2 aromatic carbocycles. The molecule has 5 heteroatoms. The van der Waals surface area contributed by atoms with E-state index in [-0.39, 0.29) is 17.6 Å². The average molecular weight is 346 g/mol. The maximum absolute atomic E-state index is 12.7. The Morgan fingerprint density at radius 1 is 0.962 bits per heavy atom. The van der Waals surface area contributed by atoms with Gasteiger partial charge in [0.2, 0.25) is 0 Å². The normalized spacial score (nSPS) is 13.2. The smallest absolute Gasteiger partial charge is 0.291 e. The van der Waals surface area contributed by atoms with Crippen LogP contribution in [0.5, 0.6) is 0 Å². The van der Waals surface area contributed by atoms with Crippen molar-refractivity contribution in [3.63, 3.8) is 0 Å². The van der Waals surface area contributed by atoms with Crippen molar-refractivity contribution in [2.75, 3.05) is 11.9 Å². The molecule has 2 amide bonds. The van der Waals surface area contributed by atoms with E-state index in [1.165, 1.54) is 11.8 Å². The minimum absolute atomic E-state index is 0.0290. The molecule has 2 heterocycles. The third-order valence-electron chi connectivity index (χ3n) is 4.53. The predicted octanol–water partition coefficient (Wildman–Crippen LogP) is 3.73. The van der Waals surface area contributed by atoms with Crippen LogP contribution in [0, 0.1) is 0 Å². The molecule has 0 spiro atoms. The van der Waals surface area contributed by atoms with Crippen LogP contribution in [0.4, 0.5) is 5.69 Å². The molecule has 130 valence electrons. The number of carbonyl (C=O) groups is 2. The molecule has 0 saturated carbocycles. The predicted molar refractivity (Wildman–Crippen MR) is 98.0 cm³/mol. The summed E-state index contributed by atoms with van der Waals surface area (Å²) in [4.78, 5) is 26.6. The number of furan rings is 1. The zero-order valence-electron chi connectivity index (χ0n) is 14.1. The first-order chi connectivity index (χ1) is 12.7. The SMILES string of the molecule is O=C(Nc1ccc2c(c1)CN(C(=O)c1ccccc1)CC2)c1ccco1. The van der Waals surface area contributed by atoms with E-state index in [9.17, 15) is 9.59 Å². The standard InChI is InChI=1S/C21H18N2O3/c24-20(19-7-4-12-26-19)22-18-9-8-15-10-11-23(14-17(15)13-18)21(25)16-5-2-1-3-6-16/h1-9,12-13H,10-11,14H2,(H,22,24). The third kappa shape index (κ3) is 3.24. The van der Waals surface area contributed by atoms with Crippen LogP contribution in [-0.4, -0.2) is 23.3 Å². The highest BCUT2D eigenvalue weighted by atomic mass is 16.3. The van der Waals surface area contributed by atoms with Crippen molar-refractivity contribution in [1.82, 2.24) is 4.90 Å². The number of nitrogens with zero attached hydrogens (tertiary/aromatic N) is 1. The molecular formula is C21H18N2O3. The molecule has 0 unspecified atom stereocenters. The number of rotatable bonds is 3. The highest BCUT2D eigenvalue weighted by Gasteiger charge is 2.22. The number of anilines is 1. The van der Waals surface area contributed by atoms with Gasteiger partial charge >= 0.3 is 0 Å². The molecule has 5 nitrogen and oxygen atoms in total. The number of nitrogens with one attached hydrogen (secondary N) is 1. The lowest BCUT2D eigenvalue weighted by Gasteiger charge is -2.29. The molecular weight excluding hydrogens is 328 g/mol. The van der Waals surface area contributed by atoms with Gasteiger partial charge in [0.1, 0.15) is 0 Å². The Morgan fingerprint density at radius 2 is 1.81 bits per heavy atom. The summed E-state index contributed by atoms with van der Waals surface area (Å²) in [6.45, 7) is 1.23. The molecule has 1 aliphatic rings. The Labute approximate surface area is 151 Å². The Morgan fingerprint density at radius 3 is 2.58 bits per heavy atom. The van der Waals surface area contributed by atoms with Crippen LogP contribution in [0.15, 0.2) is 71.3 Å². The van der Waals surface area contributed by atoms with Gasteiger partial charge in [-0.25, -0.2) is 0 Å². The van der Waals surface area contributed by atoms with E-state index in [4.69, 9.17) is 4.42 Å². The van der Waals surface area contributed by atoms with E-state index < -0.39 is 0 Å². The van der Waals surface area contributed by atoms with Gasteiger partial charge in [0.05, 0.1) is 6.26 Å². The van der Waals surface area contributed by atoms with Gasteiger partial charge in [-0.05, 0) is 53.9 Å². The molecule has 0 saturated heterocycles. The minimum atomic E-state index is -0.289. The van der Waals surface area contributed by atoms with Crippen LogP contribution in [0.25, 0.3) is 0 Å². The summed E-state index contributed by atoms with van der Waals surface area (Å²) in [7, 11) is 0. The highest BCUT2D eigenvalue weighted by Crippen LogP contribution is 2.24. The molecule has 4 rings (SSSR count). The second kappa shape index (κ2) is 6.88. The number of hydrogen-bond donors (Lipinski definition) is 1. The number of benzene rings is 2. The highest BCUT2D eigenvalue weighted by molar-refractivity contribution is 6.02. The number of carbonyl (C=O) groups excluding carboxylic acids is 2. The van der Waals surface area contributed by atoms with E-state index in [2.05, 4.69) is 5.32 Å². The molecule has 0 atom stereocenters. The van der Waals surface area contributed by atoms with E-state index >= 15 is 0 Å². The lowest BCUT2D eigenvalue weighted by atomic mass is 9.98. The molecule has 26 heavy (non-hydrogen) atoms. The summed E-state index contributed by atoms with van der Waals surface area (Å²) in [5.41, 5.74) is 3.65. The van der Waals surface area contributed by atoms with E-state index in [1.54, 1.807) is 12.1 Å². The van der Waals surface area contributed by atoms with Crippen molar-refractivity contribution in [2.45, 2.75) is 13.0 Å². The fourth-order valence-corrected chi connectivity index (χ4v) is 3.17. The number of hydrogen-bond acceptors (Lipinski definition) is 3. The van der Waals surface area contributed by atoms with Crippen molar-refractivity contribution in [3.05, 3.63) is 89.4 Å². The maximum Gasteiger partial charge on any atom is 0.291 e. The molecule has 0 aliphatic carbocycles. The maximum atomic E-state index is 12.7. The number of fused-ring (bicyclic) bond motifs is 1. The summed E-state index contributed by atoms with van der Waals surface area (Å²) in [6.07, 6.45) is 2.27. The summed E-state index contributed by atoms with van der Waals surface area (Å²) < 4.78 is 5.11. The van der Waals surface area contributed by atoms with Gasteiger partial charge < -0.3 is 14.6 Å². The zero-order valence-corrected chi connectivity index (χ0v) is 14.1. The first-order valence-corrected chi connectivity index (χ1v) is 8.52. The summed E-state index contributed by atoms with van der Waals surface area (Å²) >= 11 is 0. The van der Waals surface area contributed by atoms with Gasteiger partial charge in [-0.1, -0.05) is 24.3 Å². The second-order valence-corrected chi connectivity index (χ2v) is 6.26. The fourth-order valence-electron chi connectivity index (χ4n) is 3.17. The van der Waals surface area contributed by atoms with Crippen molar-refractivity contribution < 1.29 is 14.0 Å². The van der Waals surface area contributed by atoms with Gasteiger partial charge in [-0.3, -0.25) is 9.59 Å². The molecule has 0 fully saturated rings. The van der Waals surface area contributed by atoms with Crippen LogP contribution in [0.3, 0.4) is 0 Å². The third-order valence-corrected chi connectivity index (χ3v) is 4.53. The summed E-state index contributed by atoms with van der Waals surface area (Å²) in [5, 5.41) is 2.83.